The number of methoxy groups -OCH3 is 2. The molecule has 34 heavy (non-hydrogen) atoms. The minimum Gasteiger partial charge on any atom is -0.497 e. The number of halogens is 1. The quantitative estimate of drug-likeness (QED) is 0.357. The van der Waals surface area contributed by atoms with E-state index in [1.54, 1.807) is 26.4 Å². The highest BCUT2D eigenvalue weighted by Crippen LogP contribution is 2.33. The van der Waals surface area contributed by atoms with E-state index >= 15 is 0 Å². The van der Waals surface area contributed by atoms with Crippen LogP contribution in [0.5, 0.6) is 11.5 Å². The monoisotopic (exact) mass is 478 g/mol. The van der Waals surface area contributed by atoms with Crippen molar-refractivity contribution in [2.75, 3.05) is 20.0 Å². The van der Waals surface area contributed by atoms with Gasteiger partial charge in [0.25, 0.3) is 0 Å². The molecule has 0 saturated carbocycles. The number of ether oxygens (including phenoxy) is 2. The molecule has 1 N–H and O–H groups in total. The standard InChI is InChI=1S/C25H23FN4O3S/c1-32-20-13-11-19(12-14-20)30-24(21-5-3-4-6-22(21)33-2)28-29-25(30)34-16-23(31)27-15-17-7-9-18(26)10-8-17/h3-14H,15-16H2,1-2H3,(H,27,31). The van der Waals surface area contributed by atoms with Crippen LogP contribution in [0.25, 0.3) is 17.1 Å². The van der Waals surface area contributed by atoms with Crippen molar-refractivity contribution in [3.8, 4) is 28.6 Å². The van der Waals surface area contributed by atoms with E-state index in [2.05, 4.69) is 15.5 Å². The zero-order valence-corrected chi connectivity index (χ0v) is 19.5. The molecule has 7 nitrogen and oxygen atoms in total. The minimum atomic E-state index is -0.311. The number of thioether (sulfide) groups is 1. The Morgan fingerprint density at radius 3 is 2.41 bits per heavy atom. The third kappa shape index (κ3) is 5.37. The van der Waals surface area contributed by atoms with Gasteiger partial charge in [0.05, 0.1) is 31.2 Å². The van der Waals surface area contributed by atoms with Gasteiger partial charge in [-0.3, -0.25) is 9.36 Å². The van der Waals surface area contributed by atoms with E-state index in [0.29, 0.717) is 23.3 Å². The number of aromatic nitrogens is 3. The van der Waals surface area contributed by atoms with Gasteiger partial charge in [-0.15, -0.1) is 10.2 Å². The van der Waals surface area contributed by atoms with Gasteiger partial charge in [0.2, 0.25) is 5.91 Å². The van der Waals surface area contributed by atoms with Gasteiger partial charge in [-0.2, -0.15) is 0 Å². The predicted octanol–water partition coefficient (Wildman–Crippen LogP) is 4.50. The lowest BCUT2D eigenvalue weighted by atomic mass is 10.2. The molecular formula is C25H23FN4O3S. The lowest BCUT2D eigenvalue weighted by molar-refractivity contribution is -0.118. The number of para-hydroxylation sites is 1. The van der Waals surface area contributed by atoms with Crippen LogP contribution in [0, 0.1) is 5.82 Å². The maximum Gasteiger partial charge on any atom is 0.230 e. The highest BCUT2D eigenvalue weighted by Gasteiger charge is 2.20. The molecule has 4 aromatic rings. The zero-order valence-electron chi connectivity index (χ0n) is 18.7. The Kier molecular flexibility index (Phi) is 7.44. The lowest BCUT2D eigenvalue weighted by Crippen LogP contribution is -2.24. The molecular weight excluding hydrogens is 455 g/mol. The van der Waals surface area contributed by atoms with Gasteiger partial charge in [0.15, 0.2) is 11.0 Å². The zero-order chi connectivity index (χ0) is 23.9. The van der Waals surface area contributed by atoms with Crippen LogP contribution in [0.15, 0.2) is 78.0 Å². The molecule has 0 bridgehead atoms. The molecule has 0 aliphatic heterocycles. The van der Waals surface area contributed by atoms with Gasteiger partial charge >= 0.3 is 0 Å². The summed E-state index contributed by atoms with van der Waals surface area (Å²) < 4.78 is 25.7. The summed E-state index contributed by atoms with van der Waals surface area (Å²) in [5.74, 6) is 1.65. The van der Waals surface area contributed by atoms with Crippen molar-refractivity contribution in [1.82, 2.24) is 20.1 Å². The van der Waals surface area contributed by atoms with Crippen LogP contribution in [-0.4, -0.2) is 40.6 Å². The summed E-state index contributed by atoms with van der Waals surface area (Å²) in [5, 5.41) is 12.2. The Bertz CT molecular complexity index is 1260. The average Bonchev–Trinajstić information content (AvgIpc) is 3.30. The summed E-state index contributed by atoms with van der Waals surface area (Å²) in [6.45, 7) is 0.317. The van der Waals surface area contributed by atoms with Crippen LogP contribution in [-0.2, 0) is 11.3 Å². The molecule has 0 unspecified atom stereocenters. The number of nitrogens with zero attached hydrogens (tertiary/aromatic N) is 3. The first-order valence-corrected chi connectivity index (χ1v) is 11.4. The van der Waals surface area contributed by atoms with Crippen LogP contribution < -0.4 is 14.8 Å². The number of hydrogen-bond acceptors (Lipinski definition) is 6. The van der Waals surface area contributed by atoms with Crippen molar-refractivity contribution in [3.05, 3.63) is 84.2 Å². The maximum absolute atomic E-state index is 13.1. The maximum atomic E-state index is 13.1. The third-order valence-electron chi connectivity index (χ3n) is 5.05. The van der Waals surface area contributed by atoms with Crippen LogP contribution in [0.2, 0.25) is 0 Å². The molecule has 3 aromatic carbocycles. The summed E-state index contributed by atoms with van der Waals surface area (Å²) in [4.78, 5) is 12.5. The van der Waals surface area contributed by atoms with Gasteiger partial charge in [0, 0.05) is 6.54 Å². The van der Waals surface area contributed by atoms with Crippen molar-refractivity contribution >= 4 is 17.7 Å². The predicted molar refractivity (Wildman–Crippen MR) is 129 cm³/mol. The molecule has 4 rings (SSSR count). The van der Waals surface area contributed by atoms with Gasteiger partial charge in [-0.1, -0.05) is 36.0 Å². The highest BCUT2D eigenvalue weighted by atomic mass is 32.2. The number of benzene rings is 3. The Hall–Kier alpha value is -3.85. The minimum absolute atomic E-state index is 0.140. The van der Waals surface area contributed by atoms with Crippen molar-refractivity contribution < 1.29 is 18.7 Å². The second-order valence-corrected chi connectivity index (χ2v) is 8.17. The van der Waals surface area contributed by atoms with E-state index in [-0.39, 0.29) is 17.5 Å². The van der Waals surface area contributed by atoms with Crippen molar-refractivity contribution in [1.29, 1.82) is 0 Å². The molecule has 0 radical (unpaired) electrons. The molecule has 0 atom stereocenters. The molecule has 1 heterocycles. The molecule has 0 fully saturated rings. The summed E-state index contributed by atoms with van der Waals surface area (Å²) in [5.41, 5.74) is 2.42. The molecule has 0 spiro atoms. The van der Waals surface area contributed by atoms with Crippen LogP contribution in [0.3, 0.4) is 0 Å². The number of nitrogens with one attached hydrogen (secondary N) is 1. The molecule has 0 saturated heterocycles. The Morgan fingerprint density at radius 1 is 0.971 bits per heavy atom. The van der Waals surface area contributed by atoms with Gasteiger partial charge in [-0.25, -0.2) is 4.39 Å². The summed E-state index contributed by atoms with van der Waals surface area (Å²) in [7, 11) is 3.22. The van der Waals surface area contributed by atoms with E-state index in [4.69, 9.17) is 9.47 Å². The Labute approximate surface area is 200 Å². The van der Waals surface area contributed by atoms with E-state index in [0.717, 1.165) is 22.6 Å². The summed E-state index contributed by atoms with van der Waals surface area (Å²) >= 11 is 1.27. The average molecular weight is 479 g/mol. The van der Waals surface area contributed by atoms with Crippen molar-refractivity contribution in [2.45, 2.75) is 11.7 Å². The largest absolute Gasteiger partial charge is 0.497 e. The summed E-state index contributed by atoms with van der Waals surface area (Å²) in [6, 6.07) is 21.1. The van der Waals surface area contributed by atoms with Gasteiger partial charge < -0.3 is 14.8 Å². The van der Waals surface area contributed by atoms with Crippen molar-refractivity contribution in [3.63, 3.8) is 0 Å². The Balaban J connectivity index is 1.57. The molecule has 174 valence electrons. The number of amides is 1. The first-order chi connectivity index (χ1) is 16.6. The van der Waals surface area contributed by atoms with E-state index in [9.17, 15) is 9.18 Å². The number of carbonyl (C=O) groups is 1. The molecule has 1 aromatic heterocycles. The molecule has 0 aliphatic rings. The third-order valence-corrected chi connectivity index (χ3v) is 5.98. The topological polar surface area (TPSA) is 78.3 Å². The van der Waals surface area contributed by atoms with Crippen LogP contribution in [0.4, 0.5) is 4.39 Å². The highest BCUT2D eigenvalue weighted by molar-refractivity contribution is 7.99. The van der Waals surface area contributed by atoms with Crippen LogP contribution >= 0.6 is 11.8 Å². The first-order valence-electron chi connectivity index (χ1n) is 10.5. The smallest absolute Gasteiger partial charge is 0.230 e. The number of hydrogen-bond donors (Lipinski definition) is 1. The van der Waals surface area contributed by atoms with Gasteiger partial charge in [-0.05, 0) is 54.1 Å². The molecule has 0 aliphatic carbocycles. The Morgan fingerprint density at radius 2 is 1.71 bits per heavy atom. The van der Waals surface area contributed by atoms with E-state index in [1.165, 1.54) is 23.9 Å². The molecule has 1 amide bonds. The second kappa shape index (κ2) is 10.8. The second-order valence-electron chi connectivity index (χ2n) is 7.23. The normalized spacial score (nSPS) is 10.7. The fourth-order valence-corrected chi connectivity index (χ4v) is 4.10. The van der Waals surface area contributed by atoms with Gasteiger partial charge in [0.1, 0.15) is 17.3 Å². The fourth-order valence-electron chi connectivity index (χ4n) is 3.32. The van der Waals surface area contributed by atoms with Crippen LogP contribution in [0.1, 0.15) is 5.56 Å². The first kappa shape index (κ1) is 23.3. The van der Waals surface area contributed by atoms with E-state index < -0.39 is 0 Å². The SMILES string of the molecule is COc1ccc(-n2c(SCC(=O)NCc3ccc(F)cc3)nnc2-c2ccccc2OC)cc1. The number of carbonyl (C=O) groups excluding carboxylic acids is 1. The molecule has 9 heteroatoms. The van der Waals surface area contributed by atoms with Crippen molar-refractivity contribution in [2.24, 2.45) is 0 Å². The fraction of sp³-hybridized carbons (Fsp3) is 0.160. The summed E-state index contributed by atoms with van der Waals surface area (Å²) in [6.07, 6.45) is 0. The lowest BCUT2D eigenvalue weighted by Gasteiger charge is -2.13. The van der Waals surface area contributed by atoms with E-state index in [1.807, 2.05) is 53.1 Å². The number of rotatable bonds is 9.